The molecule has 2 aromatic heterocycles. The zero-order valence-corrected chi connectivity index (χ0v) is 13.8. The average Bonchev–Trinajstić information content (AvgIpc) is 3.15. The average molecular weight is 348 g/mol. The van der Waals surface area contributed by atoms with E-state index in [9.17, 15) is 9.59 Å². The summed E-state index contributed by atoms with van der Waals surface area (Å²) in [5.41, 5.74) is 1.25. The van der Waals surface area contributed by atoms with Gasteiger partial charge in [-0.25, -0.2) is 4.98 Å². The standard InChI is InChI=1S/C19H16N4O3/c24-17-8-7-16(23-11-1-2-15(17)23)19(25)22-13-3-5-14(6-4-13)26-18-12-20-9-10-21-18/h1-6,9-12,16H,7-8H2,(H,22,25)/t16-/m1/s1. The summed E-state index contributed by atoms with van der Waals surface area (Å²) in [6, 6.07) is 10.2. The summed E-state index contributed by atoms with van der Waals surface area (Å²) >= 11 is 0. The summed E-state index contributed by atoms with van der Waals surface area (Å²) in [7, 11) is 0. The van der Waals surface area contributed by atoms with Crippen LogP contribution in [0.15, 0.2) is 61.2 Å². The van der Waals surface area contributed by atoms with Crippen LogP contribution in [-0.4, -0.2) is 26.2 Å². The zero-order valence-electron chi connectivity index (χ0n) is 13.8. The van der Waals surface area contributed by atoms with Crippen LogP contribution in [0.4, 0.5) is 5.69 Å². The van der Waals surface area contributed by atoms with Crippen molar-refractivity contribution in [2.75, 3.05) is 5.32 Å². The fraction of sp³-hybridized carbons (Fsp3) is 0.158. The number of fused-ring (bicyclic) bond motifs is 1. The number of ketones is 1. The van der Waals surface area contributed by atoms with E-state index in [0.29, 0.717) is 35.9 Å². The summed E-state index contributed by atoms with van der Waals surface area (Å²) in [6.45, 7) is 0. The number of anilines is 1. The summed E-state index contributed by atoms with van der Waals surface area (Å²) in [5.74, 6) is 0.929. The van der Waals surface area contributed by atoms with Gasteiger partial charge in [0.05, 0.1) is 11.9 Å². The molecule has 1 amide bonds. The van der Waals surface area contributed by atoms with Crippen LogP contribution in [0.5, 0.6) is 11.6 Å². The Hall–Kier alpha value is -3.48. The molecule has 0 radical (unpaired) electrons. The summed E-state index contributed by atoms with van der Waals surface area (Å²) in [5, 5.41) is 2.89. The molecule has 3 heterocycles. The van der Waals surface area contributed by atoms with Gasteiger partial charge >= 0.3 is 0 Å². The highest BCUT2D eigenvalue weighted by atomic mass is 16.5. The zero-order chi connectivity index (χ0) is 17.9. The van der Waals surface area contributed by atoms with Gasteiger partial charge in [-0.1, -0.05) is 0 Å². The first kappa shape index (κ1) is 16.0. The Balaban J connectivity index is 1.44. The number of hydrogen-bond acceptors (Lipinski definition) is 5. The highest BCUT2D eigenvalue weighted by Crippen LogP contribution is 2.27. The number of hydrogen-bond donors (Lipinski definition) is 1. The normalized spacial score (nSPS) is 16.0. The monoisotopic (exact) mass is 348 g/mol. The van der Waals surface area contributed by atoms with Gasteiger partial charge in [-0.3, -0.25) is 14.6 Å². The molecular formula is C19H16N4O3. The Morgan fingerprint density at radius 2 is 2.04 bits per heavy atom. The smallest absolute Gasteiger partial charge is 0.247 e. The van der Waals surface area contributed by atoms with Crippen molar-refractivity contribution >= 4 is 17.4 Å². The Morgan fingerprint density at radius 3 is 2.81 bits per heavy atom. The molecule has 0 fully saturated rings. The molecule has 1 atom stereocenters. The molecule has 26 heavy (non-hydrogen) atoms. The second-order valence-corrected chi connectivity index (χ2v) is 5.94. The fourth-order valence-electron chi connectivity index (χ4n) is 2.99. The third-order valence-electron chi connectivity index (χ3n) is 4.23. The van der Waals surface area contributed by atoms with Crippen LogP contribution < -0.4 is 10.1 Å². The molecule has 4 rings (SSSR count). The van der Waals surface area contributed by atoms with Crippen LogP contribution >= 0.6 is 0 Å². The van der Waals surface area contributed by atoms with Crippen molar-refractivity contribution in [2.24, 2.45) is 0 Å². The van der Waals surface area contributed by atoms with Gasteiger partial charge in [-0.2, -0.15) is 0 Å². The van der Waals surface area contributed by atoms with E-state index in [1.807, 2.05) is 0 Å². The molecule has 0 saturated carbocycles. The number of nitrogens with zero attached hydrogens (tertiary/aromatic N) is 3. The van der Waals surface area contributed by atoms with E-state index >= 15 is 0 Å². The number of nitrogens with one attached hydrogen (secondary N) is 1. The van der Waals surface area contributed by atoms with Crippen LogP contribution in [0, 0.1) is 0 Å². The molecule has 1 aliphatic heterocycles. The predicted molar refractivity (Wildman–Crippen MR) is 94.2 cm³/mol. The van der Waals surface area contributed by atoms with Gasteiger partial charge in [0.15, 0.2) is 5.78 Å². The van der Waals surface area contributed by atoms with Gasteiger partial charge in [0.25, 0.3) is 0 Å². The largest absolute Gasteiger partial charge is 0.438 e. The molecule has 7 nitrogen and oxygen atoms in total. The molecule has 0 unspecified atom stereocenters. The fourth-order valence-corrected chi connectivity index (χ4v) is 2.99. The lowest BCUT2D eigenvalue weighted by atomic mass is 10.0. The maximum atomic E-state index is 12.6. The van der Waals surface area contributed by atoms with Crippen LogP contribution in [0.2, 0.25) is 0 Å². The SMILES string of the molecule is O=C1CC[C@H](C(=O)Nc2ccc(Oc3cnccn3)cc2)n2cccc21. The van der Waals surface area contributed by atoms with Gasteiger partial charge in [0.1, 0.15) is 11.8 Å². The number of benzene rings is 1. The highest BCUT2D eigenvalue weighted by Gasteiger charge is 2.29. The molecular weight excluding hydrogens is 332 g/mol. The van der Waals surface area contributed by atoms with Crippen molar-refractivity contribution in [3.63, 3.8) is 0 Å². The maximum Gasteiger partial charge on any atom is 0.247 e. The van der Waals surface area contributed by atoms with Crippen LogP contribution in [0.1, 0.15) is 29.4 Å². The number of ether oxygens (including phenoxy) is 1. The van der Waals surface area contributed by atoms with Crippen molar-refractivity contribution < 1.29 is 14.3 Å². The third kappa shape index (κ3) is 3.19. The third-order valence-corrected chi connectivity index (χ3v) is 4.23. The molecule has 0 saturated heterocycles. The number of rotatable bonds is 4. The summed E-state index contributed by atoms with van der Waals surface area (Å²) in [6.07, 6.45) is 7.30. The van der Waals surface area contributed by atoms with E-state index in [2.05, 4.69) is 15.3 Å². The molecule has 7 heteroatoms. The first-order valence-corrected chi connectivity index (χ1v) is 8.25. The van der Waals surface area contributed by atoms with Gasteiger partial charge in [-0.15, -0.1) is 0 Å². The number of carbonyl (C=O) groups excluding carboxylic acids is 2. The Kier molecular flexibility index (Phi) is 4.18. The highest BCUT2D eigenvalue weighted by molar-refractivity contribution is 6.00. The van der Waals surface area contributed by atoms with Crippen molar-refractivity contribution in [1.82, 2.24) is 14.5 Å². The van der Waals surface area contributed by atoms with E-state index in [1.165, 1.54) is 6.20 Å². The summed E-state index contributed by atoms with van der Waals surface area (Å²) in [4.78, 5) is 32.5. The molecule has 3 aromatic rings. The minimum atomic E-state index is -0.381. The van der Waals surface area contributed by atoms with E-state index < -0.39 is 0 Å². The first-order valence-electron chi connectivity index (χ1n) is 8.25. The van der Waals surface area contributed by atoms with Crippen LogP contribution in [0.3, 0.4) is 0 Å². The van der Waals surface area contributed by atoms with Crippen LogP contribution in [-0.2, 0) is 4.79 Å². The maximum absolute atomic E-state index is 12.6. The Morgan fingerprint density at radius 1 is 1.19 bits per heavy atom. The number of carbonyl (C=O) groups is 2. The Labute approximate surface area is 149 Å². The van der Waals surface area contributed by atoms with Gasteiger partial charge in [-0.05, 0) is 42.8 Å². The molecule has 1 N–H and O–H groups in total. The molecule has 0 spiro atoms. The first-order chi connectivity index (χ1) is 12.7. The molecule has 0 aliphatic carbocycles. The van der Waals surface area contributed by atoms with E-state index in [4.69, 9.17) is 4.74 Å². The van der Waals surface area contributed by atoms with Gasteiger partial charge < -0.3 is 14.6 Å². The molecule has 1 aromatic carbocycles. The number of Topliss-reactive ketones (excluding diaryl/α,β-unsaturated/α-hetero) is 1. The molecule has 0 bridgehead atoms. The van der Waals surface area contributed by atoms with Crippen molar-refractivity contribution in [2.45, 2.75) is 18.9 Å². The van der Waals surface area contributed by atoms with Gasteiger partial charge in [0.2, 0.25) is 11.8 Å². The van der Waals surface area contributed by atoms with E-state index in [0.717, 1.165) is 0 Å². The predicted octanol–water partition coefficient (Wildman–Crippen LogP) is 3.23. The lowest BCUT2D eigenvalue weighted by Crippen LogP contribution is -2.31. The quantitative estimate of drug-likeness (QED) is 0.782. The Bertz CT molecular complexity index is 935. The summed E-state index contributed by atoms with van der Waals surface area (Å²) < 4.78 is 7.32. The molecule has 130 valence electrons. The van der Waals surface area contributed by atoms with E-state index in [-0.39, 0.29) is 17.7 Å². The topological polar surface area (TPSA) is 86.1 Å². The van der Waals surface area contributed by atoms with Gasteiger partial charge in [0, 0.05) is 30.7 Å². The second kappa shape index (κ2) is 6.79. The van der Waals surface area contributed by atoms with Crippen molar-refractivity contribution in [3.8, 4) is 11.6 Å². The minimum absolute atomic E-state index is 0.0737. The van der Waals surface area contributed by atoms with Crippen molar-refractivity contribution in [3.05, 3.63) is 66.9 Å². The van der Waals surface area contributed by atoms with Crippen LogP contribution in [0.25, 0.3) is 0 Å². The molecule has 1 aliphatic rings. The minimum Gasteiger partial charge on any atom is -0.438 e. The number of amides is 1. The second-order valence-electron chi connectivity index (χ2n) is 5.94. The van der Waals surface area contributed by atoms with Crippen molar-refractivity contribution in [1.29, 1.82) is 0 Å². The number of aromatic nitrogens is 3. The van der Waals surface area contributed by atoms with E-state index in [1.54, 1.807) is 59.6 Å². The lowest BCUT2D eigenvalue weighted by molar-refractivity contribution is -0.119. The lowest BCUT2D eigenvalue weighted by Gasteiger charge is -2.24.